The molecule has 0 spiro atoms. The van der Waals surface area contributed by atoms with Gasteiger partial charge in [0.25, 0.3) is 5.69 Å². The number of nitro groups is 1. The van der Waals surface area contributed by atoms with Crippen LogP contribution < -0.4 is 5.32 Å². The molecule has 2 rings (SSSR count). The SMILES string of the molecule is Cc1cnc(CNc2ncc([N+](=O)[O-])cc2C#N)cn1. The van der Waals surface area contributed by atoms with Crippen LogP contribution in [0.25, 0.3) is 0 Å². The fraction of sp³-hybridized carbons (Fsp3) is 0.167. The average Bonchev–Trinajstić information content (AvgIpc) is 2.46. The summed E-state index contributed by atoms with van der Waals surface area (Å²) < 4.78 is 0. The Balaban J connectivity index is 2.15. The van der Waals surface area contributed by atoms with Crippen molar-refractivity contribution < 1.29 is 4.92 Å². The van der Waals surface area contributed by atoms with Crippen molar-refractivity contribution in [2.45, 2.75) is 13.5 Å². The van der Waals surface area contributed by atoms with E-state index in [1.54, 1.807) is 12.4 Å². The molecule has 2 aromatic heterocycles. The van der Waals surface area contributed by atoms with Crippen LogP contribution in [0.4, 0.5) is 11.5 Å². The molecule has 1 N–H and O–H groups in total. The minimum atomic E-state index is -0.594. The van der Waals surface area contributed by atoms with E-state index in [-0.39, 0.29) is 17.1 Å². The number of hydrogen-bond donors (Lipinski definition) is 1. The maximum atomic E-state index is 10.6. The van der Waals surface area contributed by atoms with Gasteiger partial charge in [-0.1, -0.05) is 0 Å². The van der Waals surface area contributed by atoms with E-state index in [4.69, 9.17) is 5.26 Å². The second-order valence-electron chi connectivity index (χ2n) is 3.96. The predicted molar refractivity (Wildman–Crippen MR) is 69.7 cm³/mol. The second kappa shape index (κ2) is 5.71. The summed E-state index contributed by atoms with van der Waals surface area (Å²) in [5.74, 6) is 0.278. The Kier molecular flexibility index (Phi) is 3.81. The summed E-state index contributed by atoms with van der Waals surface area (Å²) in [5.41, 5.74) is 1.38. The van der Waals surface area contributed by atoms with E-state index in [1.165, 1.54) is 6.07 Å². The Morgan fingerprint density at radius 3 is 2.75 bits per heavy atom. The van der Waals surface area contributed by atoms with Crippen LogP contribution in [0.2, 0.25) is 0 Å². The van der Waals surface area contributed by atoms with Crippen molar-refractivity contribution in [3.63, 3.8) is 0 Å². The van der Waals surface area contributed by atoms with Crippen molar-refractivity contribution in [2.24, 2.45) is 0 Å². The van der Waals surface area contributed by atoms with Gasteiger partial charge in [-0.2, -0.15) is 5.26 Å². The fourth-order valence-corrected chi connectivity index (χ4v) is 1.46. The Labute approximate surface area is 114 Å². The second-order valence-corrected chi connectivity index (χ2v) is 3.96. The standard InChI is InChI=1S/C12H10N6O2/c1-8-4-15-10(5-14-8)6-16-12-9(3-13)2-11(7-17-12)18(19)20/h2,4-5,7H,6H2,1H3,(H,16,17). The van der Waals surface area contributed by atoms with E-state index < -0.39 is 4.92 Å². The zero-order valence-corrected chi connectivity index (χ0v) is 10.6. The summed E-state index contributed by atoms with van der Waals surface area (Å²) in [6.45, 7) is 2.16. The van der Waals surface area contributed by atoms with Gasteiger partial charge in [0.1, 0.15) is 23.6 Å². The third kappa shape index (κ3) is 3.02. The molecular formula is C12H10N6O2. The maximum Gasteiger partial charge on any atom is 0.289 e. The summed E-state index contributed by atoms with van der Waals surface area (Å²) in [6.07, 6.45) is 4.34. The first-order valence-electron chi connectivity index (χ1n) is 5.66. The lowest BCUT2D eigenvalue weighted by Gasteiger charge is -2.06. The van der Waals surface area contributed by atoms with Gasteiger partial charge < -0.3 is 5.32 Å². The summed E-state index contributed by atoms with van der Waals surface area (Å²) in [7, 11) is 0. The van der Waals surface area contributed by atoms with Crippen LogP contribution in [-0.4, -0.2) is 19.9 Å². The van der Waals surface area contributed by atoms with Crippen LogP contribution in [0, 0.1) is 28.4 Å². The number of rotatable bonds is 4. The molecule has 0 saturated carbocycles. The van der Waals surface area contributed by atoms with Gasteiger partial charge >= 0.3 is 0 Å². The van der Waals surface area contributed by atoms with Crippen molar-refractivity contribution in [1.82, 2.24) is 15.0 Å². The molecule has 0 aliphatic carbocycles. The molecular weight excluding hydrogens is 260 g/mol. The molecule has 0 aliphatic rings. The highest BCUT2D eigenvalue weighted by Gasteiger charge is 2.12. The molecule has 20 heavy (non-hydrogen) atoms. The minimum absolute atomic E-state index is 0.110. The normalized spacial score (nSPS) is 9.80. The third-order valence-corrected chi connectivity index (χ3v) is 2.48. The molecule has 2 heterocycles. The first-order chi connectivity index (χ1) is 9.60. The van der Waals surface area contributed by atoms with E-state index in [1.807, 2.05) is 13.0 Å². The molecule has 100 valence electrons. The predicted octanol–water partition coefficient (Wildman–Crippen LogP) is 1.57. The molecule has 8 heteroatoms. The minimum Gasteiger partial charge on any atom is -0.363 e. The van der Waals surface area contributed by atoms with Crippen molar-refractivity contribution in [1.29, 1.82) is 5.26 Å². The molecule has 0 fully saturated rings. The monoisotopic (exact) mass is 270 g/mol. The largest absolute Gasteiger partial charge is 0.363 e. The number of aromatic nitrogens is 3. The van der Waals surface area contributed by atoms with Crippen LogP contribution in [0.3, 0.4) is 0 Å². The van der Waals surface area contributed by atoms with Crippen LogP contribution in [0.1, 0.15) is 17.0 Å². The smallest absolute Gasteiger partial charge is 0.289 e. The molecule has 8 nitrogen and oxygen atoms in total. The molecule has 0 unspecified atom stereocenters. The van der Waals surface area contributed by atoms with Crippen LogP contribution in [0.5, 0.6) is 0 Å². The first kappa shape index (κ1) is 13.4. The Hall–Kier alpha value is -3.08. The van der Waals surface area contributed by atoms with Crippen molar-refractivity contribution in [2.75, 3.05) is 5.32 Å². The molecule has 0 saturated heterocycles. The summed E-state index contributed by atoms with van der Waals surface area (Å²) in [4.78, 5) is 22.1. The molecule has 0 aliphatic heterocycles. The lowest BCUT2D eigenvalue weighted by molar-refractivity contribution is -0.385. The number of nitrogens with one attached hydrogen (secondary N) is 1. The van der Waals surface area contributed by atoms with E-state index in [0.29, 0.717) is 12.2 Å². The number of nitrogens with zero attached hydrogens (tertiary/aromatic N) is 5. The Morgan fingerprint density at radius 1 is 1.35 bits per heavy atom. The summed E-state index contributed by atoms with van der Waals surface area (Å²) in [6, 6.07) is 3.05. The van der Waals surface area contributed by atoms with Gasteiger partial charge in [0.2, 0.25) is 0 Å². The topological polar surface area (TPSA) is 118 Å². The molecule has 0 atom stereocenters. The highest BCUT2D eigenvalue weighted by molar-refractivity contribution is 5.55. The molecule has 0 radical (unpaired) electrons. The third-order valence-electron chi connectivity index (χ3n) is 2.48. The number of hydrogen-bond acceptors (Lipinski definition) is 7. The Morgan fingerprint density at radius 2 is 2.15 bits per heavy atom. The highest BCUT2D eigenvalue weighted by atomic mass is 16.6. The summed E-state index contributed by atoms with van der Waals surface area (Å²) >= 11 is 0. The van der Waals surface area contributed by atoms with Gasteiger partial charge in [0, 0.05) is 12.3 Å². The number of nitriles is 1. The van der Waals surface area contributed by atoms with E-state index >= 15 is 0 Å². The zero-order chi connectivity index (χ0) is 14.5. The van der Waals surface area contributed by atoms with Gasteiger partial charge in [-0.25, -0.2) is 4.98 Å². The summed E-state index contributed by atoms with van der Waals surface area (Å²) in [5, 5.41) is 22.5. The number of pyridine rings is 1. The quantitative estimate of drug-likeness (QED) is 0.661. The van der Waals surface area contributed by atoms with E-state index in [2.05, 4.69) is 20.3 Å². The maximum absolute atomic E-state index is 10.6. The highest BCUT2D eigenvalue weighted by Crippen LogP contribution is 2.18. The number of aryl methyl sites for hydroxylation is 1. The van der Waals surface area contributed by atoms with Crippen molar-refractivity contribution >= 4 is 11.5 Å². The molecule has 2 aromatic rings. The lowest BCUT2D eigenvalue weighted by atomic mass is 10.2. The first-order valence-corrected chi connectivity index (χ1v) is 5.66. The van der Waals surface area contributed by atoms with Gasteiger partial charge in [-0.15, -0.1) is 0 Å². The van der Waals surface area contributed by atoms with Gasteiger partial charge in [-0.3, -0.25) is 20.1 Å². The van der Waals surface area contributed by atoms with E-state index in [0.717, 1.165) is 11.9 Å². The van der Waals surface area contributed by atoms with Crippen LogP contribution in [-0.2, 0) is 6.54 Å². The van der Waals surface area contributed by atoms with Gasteiger partial charge in [0.15, 0.2) is 0 Å². The fourth-order valence-electron chi connectivity index (χ4n) is 1.46. The van der Waals surface area contributed by atoms with Crippen molar-refractivity contribution in [3.8, 4) is 6.07 Å². The molecule has 0 amide bonds. The molecule has 0 bridgehead atoms. The Bertz CT molecular complexity index is 677. The van der Waals surface area contributed by atoms with Gasteiger partial charge in [-0.05, 0) is 6.92 Å². The van der Waals surface area contributed by atoms with Crippen LogP contribution in [0.15, 0.2) is 24.7 Å². The van der Waals surface area contributed by atoms with E-state index in [9.17, 15) is 10.1 Å². The average molecular weight is 270 g/mol. The zero-order valence-electron chi connectivity index (χ0n) is 10.6. The van der Waals surface area contributed by atoms with Gasteiger partial charge in [0.05, 0.1) is 29.1 Å². The molecule has 0 aromatic carbocycles. The lowest BCUT2D eigenvalue weighted by Crippen LogP contribution is -2.06. The number of anilines is 1. The van der Waals surface area contributed by atoms with Crippen molar-refractivity contribution in [3.05, 3.63) is 51.7 Å². The van der Waals surface area contributed by atoms with Crippen LogP contribution >= 0.6 is 0 Å².